The Morgan fingerprint density at radius 2 is 1.90 bits per heavy atom. The number of aromatic nitrogens is 2. The monoisotopic (exact) mass is 443 g/mol. The van der Waals surface area contributed by atoms with Crippen molar-refractivity contribution in [1.82, 2.24) is 9.97 Å². The number of fused-ring (bicyclic) bond motifs is 1. The van der Waals surface area contributed by atoms with Crippen LogP contribution in [0.3, 0.4) is 0 Å². The number of aryl methyl sites for hydroxylation is 2. The topological polar surface area (TPSA) is 81.2 Å². The summed E-state index contributed by atoms with van der Waals surface area (Å²) in [6.07, 6.45) is 0. The molecule has 0 aliphatic carbocycles. The largest absolute Gasteiger partial charge is 0.461 e. The molecule has 0 bridgehead atoms. The van der Waals surface area contributed by atoms with Gasteiger partial charge < -0.3 is 10.1 Å². The highest BCUT2D eigenvalue weighted by atomic mass is 32.2. The van der Waals surface area contributed by atoms with Crippen molar-refractivity contribution in [3.05, 3.63) is 46.5 Å². The van der Waals surface area contributed by atoms with Crippen molar-refractivity contribution < 1.29 is 14.3 Å². The van der Waals surface area contributed by atoms with E-state index in [-0.39, 0.29) is 17.1 Å². The van der Waals surface area contributed by atoms with Gasteiger partial charge in [-0.2, -0.15) is 0 Å². The maximum atomic E-state index is 12.7. The molecule has 2 heterocycles. The summed E-state index contributed by atoms with van der Waals surface area (Å²) in [7, 11) is 0. The van der Waals surface area contributed by atoms with E-state index in [2.05, 4.69) is 15.3 Å². The molecule has 0 aliphatic heterocycles. The highest BCUT2D eigenvalue weighted by Gasteiger charge is 2.21. The van der Waals surface area contributed by atoms with Crippen LogP contribution in [0.2, 0.25) is 0 Å². The molecule has 3 aromatic rings. The third kappa shape index (κ3) is 5.37. The number of hydrogen-bond acceptors (Lipinski definition) is 7. The molecule has 0 radical (unpaired) electrons. The van der Waals surface area contributed by atoms with Crippen LogP contribution in [-0.4, -0.2) is 33.7 Å². The fourth-order valence-electron chi connectivity index (χ4n) is 2.77. The smallest absolute Gasteiger partial charge is 0.350 e. The number of thiazole rings is 1. The minimum absolute atomic E-state index is 0.191. The quantitative estimate of drug-likeness (QED) is 0.397. The number of ether oxygens (including phenoxy) is 1. The lowest BCUT2D eigenvalue weighted by Gasteiger charge is -2.11. The molecule has 0 saturated carbocycles. The van der Waals surface area contributed by atoms with Crippen LogP contribution in [0.4, 0.5) is 5.13 Å². The average Bonchev–Trinajstić information content (AvgIpc) is 3.06. The third-order valence-corrected chi connectivity index (χ3v) is 6.40. The van der Waals surface area contributed by atoms with Crippen molar-refractivity contribution in [1.29, 1.82) is 0 Å². The van der Waals surface area contributed by atoms with Gasteiger partial charge >= 0.3 is 5.97 Å². The van der Waals surface area contributed by atoms with Gasteiger partial charge in [0.1, 0.15) is 4.88 Å². The Labute approximate surface area is 184 Å². The summed E-state index contributed by atoms with van der Waals surface area (Å²) in [6.45, 7) is 9.90. The summed E-state index contributed by atoms with van der Waals surface area (Å²) >= 11 is 2.52. The molecule has 158 valence electrons. The fourth-order valence-corrected chi connectivity index (χ4v) is 4.55. The molecule has 1 amide bonds. The zero-order valence-electron chi connectivity index (χ0n) is 17.7. The SMILES string of the molecule is Cc1nc(NC(=O)C(C)Sc2cc(C)c3ccccc3n2)sc1C(=O)OCC(C)C. The molecule has 3 rings (SSSR count). The molecule has 6 nitrogen and oxygen atoms in total. The van der Waals surface area contributed by atoms with Crippen LogP contribution in [-0.2, 0) is 9.53 Å². The van der Waals surface area contributed by atoms with Gasteiger partial charge in [0, 0.05) is 5.39 Å². The second-order valence-electron chi connectivity index (χ2n) is 7.47. The van der Waals surface area contributed by atoms with Crippen molar-refractivity contribution in [2.45, 2.75) is 44.9 Å². The zero-order chi connectivity index (χ0) is 21.8. The first-order valence-corrected chi connectivity index (χ1v) is 11.4. The second-order valence-corrected chi connectivity index (χ2v) is 9.83. The van der Waals surface area contributed by atoms with Gasteiger partial charge in [0.15, 0.2) is 5.13 Å². The van der Waals surface area contributed by atoms with E-state index < -0.39 is 5.97 Å². The minimum Gasteiger partial charge on any atom is -0.461 e. The zero-order valence-corrected chi connectivity index (χ0v) is 19.3. The van der Waals surface area contributed by atoms with Crippen molar-refractivity contribution >= 4 is 51.0 Å². The number of hydrogen-bond donors (Lipinski definition) is 1. The van der Waals surface area contributed by atoms with Crippen LogP contribution in [0.15, 0.2) is 35.4 Å². The van der Waals surface area contributed by atoms with Crippen LogP contribution in [0.1, 0.15) is 41.7 Å². The van der Waals surface area contributed by atoms with Gasteiger partial charge in [-0.05, 0) is 44.4 Å². The standard InChI is InChI=1S/C22H25N3O3S2/c1-12(2)11-28-21(27)19-14(4)23-22(30-19)25-20(26)15(5)29-18-10-13(3)16-8-6-7-9-17(16)24-18/h6-10,12,15H,11H2,1-5H3,(H,23,25,26). The molecule has 0 aliphatic rings. The van der Waals surface area contributed by atoms with Crippen molar-refractivity contribution in [2.75, 3.05) is 11.9 Å². The van der Waals surface area contributed by atoms with Crippen LogP contribution >= 0.6 is 23.1 Å². The molecule has 1 atom stereocenters. The van der Waals surface area contributed by atoms with Gasteiger partial charge in [0.2, 0.25) is 5.91 Å². The number of anilines is 1. The lowest BCUT2D eigenvalue weighted by atomic mass is 10.1. The minimum atomic E-state index is -0.405. The van der Waals surface area contributed by atoms with Crippen LogP contribution < -0.4 is 5.32 Å². The summed E-state index contributed by atoms with van der Waals surface area (Å²) in [6, 6.07) is 9.94. The Hall–Kier alpha value is -2.45. The first kappa shape index (κ1) is 22.2. The number of amides is 1. The Kier molecular flexibility index (Phi) is 7.10. The molecule has 0 spiro atoms. The van der Waals surface area contributed by atoms with Crippen LogP contribution in [0.25, 0.3) is 10.9 Å². The van der Waals surface area contributed by atoms with Crippen molar-refractivity contribution in [2.24, 2.45) is 5.92 Å². The van der Waals surface area contributed by atoms with E-state index in [0.717, 1.165) is 32.8 Å². The molecule has 8 heteroatoms. The lowest BCUT2D eigenvalue weighted by molar-refractivity contribution is -0.115. The summed E-state index contributed by atoms with van der Waals surface area (Å²) < 4.78 is 5.27. The van der Waals surface area contributed by atoms with Crippen LogP contribution in [0, 0.1) is 19.8 Å². The number of nitrogens with one attached hydrogen (secondary N) is 1. The lowest BCUT2D eigenvalue weighted by Crippen LogP contribution is -2.22. The Morgan fingerprint density at radius 3 is 2.63 bits per heavy atom. The molecule has 1 unspecified atom stereocenters. The molecule has 2 aromatic heterocycles. The first-order chi connectivity index (χ1) is 14.2. The predicted molar refractivity (Wildman–Crippen MR) is 122 cm³/mol. The van der Waals surface area contributed by atoms with Gasteiger partial charge in [-0.3, -0.25) is 4.79 Å². The van der Waals surface area contributed by atoms with E-state index in [0.29, 0.717) is 22.3 Å². The number of carbonyl (C=O) groups is 2. The molecular weight excluding hydrogens is 418 g/mol. The number of para-hydroxylation sites is 1. The second kappa shape index (κ2) is 9.57. The Bertz CT molecular complexity index is 1080. The summed E-state index contributed by atoms with van der Waals surface area (Å²) in [5, 5.41) is 4.72. The number of nitrogens with zero attached hydrogens (tertiary/aromatic N) is 2. The maximum Gasteiger partial charge on any atom is 0.350 e. The molecule has 1 N–H and O–H groups in total. The summed E-state index contributed by atoms with van der Waals surface area (Å²) in [4.78, 5) is 34.2. The average molecular weight is 444 g/mol. The summed E-state index contributed by atoms with van der Waals surface area (Å²) in [5.74, 6) is -0.340. The normalized spacial score (nSPS) is 12.2. The highest BCUT2D eigenvalue weighted by Crippen LogP contribution is 2.28. The van der Waals surface area contributed by atoms with E-state index in [1.165, 1.54) is 11.8 Å². The maximum absolute atomic E-state index is 12.7. The highest BCUT2D eigenvalue weighted by molar-refractivity contribution is 8.00. The number of esters is 1. The summed E-state index contributed by atoms with van der Waals surface area (Å²) in [5.41, 5.74) is 2.58. The van der Waals surface area contributed by atoms with E-state index in [1.54, 1.807) is 6.92 Å². The Balaban J connectivity index is 1.66. The van der Waals surface area contributed by atoms with Crippen molar-refractivity contribution in [3.63, 3.8) is 0 Å². The molecule has 0 saturated heterocycles. The van der Waals surface area contributed by atoms with E-state index in [9.17, 15) is 9.59 Å². The number of benzene rings is 1. The van der Waals surface area contributed by atoms with E-state index in [1.807, 2.05) is 58.0 Å². The van der Waals surface area contributed by atoms with Gasteiger partial charge in [-0.25, -0.2) is 14.8 Å². The van der Waals surface area contributed by atoms with E-state index >= 15 is 0 Å². The number of thioether (sulfide) groups is 1. The van der Waals surface area contributed by atoms with Gasteiger partial charge in [-0.15, -0.1) is 0 Å². The first-order valence-electron chi connectivity index (χ1n) is 9.73. The van der Waals surface area contributed by atoms with Crippen molar-refractivity contribution in [3.8, 4) is 0 Å². The van der Waals surface area contributed by atoms with Gasteiger partial charge in [0.25, 0.3) is 0 Å². The molecule has 1 aromatic carbocycles. The van der Waals surface area contributed by atoms with Gasteiger partial charge in [-0.1, -0.05) is 55.1 Å². The third-order valence-electron chi connectivity index (χ3n) is 4.33. The van der Waals surface area contributed by atoms with Crippen LogP contribution in [0.5, 0.6) is 0 Å². The number of carbonyl (C=O) groups excluding carboxylic acids is 2. The molecule has 0 fully saturated rings. The fraction of sp³-hybridized carbons (Fsp3) is 0.364. The molecule has 30 heavy (non-hydrogen) atoms. The Morgan fingerprint density at radius 1 is 1.17 bits per heavy atom. The van der Waals surface area contributed by atoms with Gasteiger partial charge in [0.05, 0.1) is 28.1 Å². The predicted octanol–water partition coefficient (Wildman–Crippen LogP) is 5.24. The number of pyridine rings is 1. The number of rotatable bonds is 7. The molecular formula is C22H25N3O3S2. The van der Waals surface area contributed by atoms with E-state index in [4.69, 9.17) is 4.74 Å².